The van der Waals surface area contributed by atoms with E-state index < -0.39 is 6.17 Å². The molecule has 0 spiro atoms. The van der Waals surface area contributed by atoms with Crippen molar-refractivity contribution in [3.05, 3.63) is 59.0 Å². The molecule has 38 heavy (non-hydrogen) atoms. The van der Waals surface area contributed by atoms with Crippen LogP contribution in [0.5, 0.6) is 0 Å². The fraction of sp³-hybridized carbons (Fsp3) is 0.448. The van der Waals surface area contributed by atoms with E-state index in [-0.39, 0.29) is 17.8 Å². The topological polar surface area (TPSA) is 61.7 Å². The van der Waals surface area contributed by atoms with Gasteiger partial charge in [-0.25, -0.2) is 13.8 Å². The number of imidazole rings is 1. The van der Waals surface area contributed by atoms with Gasteiger partial charge in [0.2, 0.25) is 0 Å². The lowest BCUT2D eigenvalue weighted by molar-refractivity contribution is 0.0949. The number of thiazole rings is 1. The minimum Gasteiger partial charge on any atom is -0.352 e. The molecule has 2 saturated heterocycles. The summed E-state index contributed by atoms with van der Waals surface area (Å²) in [6, 6.07) is 9.61. The average molecular weight is 538 g/mol. The maximum atomic E-state index is 15.1. The van der Waals surface area contributed by atoms with E-state index in [4.69, 9.17) is 4.98 Å². The normalized spacial score (nSPS) is 19.1. The summed E-state index contributed by atoms with van der Waals surface area (Å²) in [6.45, 7) is 5.96. The summed E-state index contributed by atoms with van der Waals surface area (Å²) in [6.07, 6.45) is 5.42. The fourth-order valence-corrected chi connectivity index (χ4v) is 6.70. The molecule has 4 aromatic rings. The number of hydrogen-bond acceptors (Lipinski definition) is 5. The number of likely N-dealkylation sites (tertiary alicyclic amines) is 1. The Morgan fingerprint density at radius 1 is 1.21 bits per heavy atom. The molecule has 2 aromatic heterocycles. The zero-order valence-electron chi connectivity index (χ0n) is 21.6. The number of halogens is 2. The molecule has 0 saturated carbocycles. The highest BCUT2D eigenvalue weighted by molar-refractivity contribution is 7.23. The largest absolute Gasteiger partial charge is 0.352 e. The quantitative estimate of drug-likeness (QED) is 0.300. The number of carbonyl (C=O) groups is 1. The van der Waals surface area contributed by atoms with Crippen molar-refractivity contribution in [2.45, 2.75) is 51.2 Å². The first-order valence-electron chi connectivity index (χ1n) is 13.6. The molecule has 200 valence electrons. The van der Waals surface area contributed by atoms with E-state index in [0.29, 0.717) is 36.2 Å². The van der Waals surface area contributed by atoms with Crippen LogP contribution in [0.3, 0.4) is 0 Å². The number of carbonyl (C=O) groups excluding carboxylic acids is 1. The summed E-state index contributed by atoms with van der Waals surface area (Å²) in [5, 5.41) is 6.46. The van der Waals surface area contributed by atoms with Crippen LogP contribution >= 0.6 is 11.3 Å². The number of amides is 1. The van der Waals surface area contributed by atoms with E-state index in [9.17, 15) is 9.18 Å². The molecular weight excluding hydrogens is 504 g/mol. The number of nitrogens with one attached hydrogen (secondary N) is 2. The summed E-state index contributed by atoms with van der Waals surface area (Å²) in [5.74, 6) is -0.342. The van der Waals surface area contributed by atoms with Gasteiger partial charge in [-0.3, -0.25) is 9.20 Å². The summed E-state index contributed by atoms with van der Waals surface area (Å²) >= 11 is 1.50. The minimum atomic E-state index is -0.665. The van der Waals surface area contributed by atoms with Crippen LogP contribution in [-0.2, 0) is 0 Å². The Morgan fingerprint density at radius 3 is 2.82 bits per heavy atom. The molecule has 0 unspecified atom stereocenters. The monoisotopic (exact) mass is 537 g/mol. The summed E-state index contributed by atoms with van der Waals surface area (Å²) in [5.41, 5.74) is 4.59. The van der Waals surface area contributed by atoms with Crippen molar-refractivity contribution in [3.8, 4) is 11.3 Å². The average Bonchev–Trinajstić information content (AvgIpc) is 3.64. The zero-order valence-corrected chi connectivity index (χ0v) is 22.4. The third-order valence-electron chi connectivity index (χ3n) is 7.87. The van der Waals surface area contributed by atoms with Crippen LogP contribution in [0.25, 0.3) is 26.4 Å². The van der Waals surface area contributed by atoms with Crippen LogP contribution in [0.15, 0.2) is 36.5 Å². The van der Waals surface area contributed by atoms with Gasteiger partial charge in [0.15, 0.2) is 4.96 Å². The number of nitrogens with zero attached hydrogens (tertiary/aromatic N) is 3. The van der Waals surface area contributed by atoms with E-state index in [1.54, 1.807) is 6.07 Å². The SMILES string of the molecule is Cc1cc2c(cc1C(=O)NCCCN1CCC(F)CC1)sc1nc(-c3ccc([C@@H]4CCCN4)cc3F)cn12. The predicted octanol–water partition coefficient (Wildman–Crippen LogP) is 5.64. The second-order valence-electron chi connectivity index (χ2n) is 10.5. The van der Waals surface area contributed by atoms with Gasteiger partial charge in [-0.05, 0) is 87.5 Å². The maximum Gasteiger partial charge on any atom is 0.251 e. The molecule has 2 aromatic carbocycles. The van der Waals surface area contributed by atoms with Gasteiger partial charge in [0, 0.05) is 43.0 Å². The van der Waals surface area contributed by atoms with Crippen molar-refractivity contribution in [2.24, 2.45) is 0 Å². The Hall–Kier alpha value is -2.88. The fourth-order valence-electron chi connectivity index (χ4n) is 5.67. The summed E-state index contributed by atoms with van der Waals surface area (Å²) < 4.78 is 31.3. The molecule has 2 N–H and O–H groups in total. The number of piperidine rings is 1. The number of fused-ring (bicyclic) bond motifs is 3. The first kappa shape index (κ1) is 25.4. The number of aromatic nitrogens is 2. The van der Waals surface area contributed by atoms with E-state index in [0.717, 1.165) is 71.7 Å². The molecule has 9 heteroatoms. The molecule has 2 aliphatic heterocycles. The smallest absolute Gasteiger partial charge is 0.251 e. The van der Waals surface area contributed by atoms with E-state index in [1.165, 1.54) is 11.3 Å². The number of hydrogen-bond donors (Lipinski definition) is 2. The van der Waals surface area contributed by atoms with Gasteiger partial charge in [-0.1, -0.05) is 17.4 Å². The van der Waals surface area contributed by atoms with Crippen molar-refractivity contribution in [1.82, 2.24) is 24.9 Å². The Morgan fingerprint density at radius 2 is 2.05 bits per heavy atom. The van der Waals surface area contributed by atoms with Gasteiger partial charge in [-0.2, -0.15) is 0 Å². The molecule has 0 radical (unpaired) electrons. The number of benzene rings is 2. The maximum absolute atomic E-state index is 15.1. The lowest BCUT2D eigenvalue weighted by atomic mass is 10.0. The highest BCUT2D eigenvalue weighted by Crippen LogP contribution is 2.33. The van der Waals surface area contributed by atoms with Crippen LogP contribution in [0.2, 0.25) is 0 Å². The molecule has 1 amide bonds. The molecule has 0 bridgehead atoms. The van der Waals surface area contributed by atoms with Crippen LogP contribution in [0, 0.1) is 12.7 Å². The molecular formula is C29H33F2N5OS. The highest BCUT2D eigenvalue weighted by Gasteiger charge is 2.21. The van der Waals surface area contributed by atoms with Crippen molar-refractivity contribution < 1.29 is 13.6 Å². The van der Waals surface area contributed by atoms with Crippen molar-refractivity contribution >= 4 is 32.4 Å². The Bertz CT molecular complexity index is 1470. The van der Waals surface area contributed by atoms with Crippen LogP contribution < -0.4 is 10.6 Å². The molecule has 2 fully saturated rings. The first-order chi connectivity index (χ1) is 18.5. The lowest BCUT2D eigenvalue weighted by Crippen LogP contribution is -2.36. The molecule has 1 atom stereocenters. The summed E-state index contributed by atoms with van der Waals surface area (Å²) in [4.78, 5) is 20.7. The molecule has 0 aliphatic carbocycles. The van der Waals surface area contributed by atoms with Gasteiger partial charge in [0.25, 0.3) is 5.91 Å². The standard InChI is InChI=1S/C29H33F2N5OS/c1-18-14-26-27(16-22(18)28(37)33-10-3-11-35-12-7-20(30)8-13-35)38-29-34-25(17-36(26)29)21-6-5-19(15-23(21)31)24-4-2-9-32-24/h5-6,14-17,20,24,32H,2-4,7-13H2,1H3,(H,33,37)/t24-/m0/s1. The van der Waals surface area contributed by atoms with E-state index in [2.05, 4.69) is 15.5 Å². The van der Waals surface area contributed by atoms with Gasteiger partial charge in [0.1, 0.15) is 12.0 Å². The van der Waals surface area contributed by atoms with Crippen molar-refractivity contribution in [1.29, 1.82) is 0 Å². The van der Waals surface area contributed by atoms with Crippen molar-refractivity contribution in [2.75, 3.05) is 32.7 Å². The van der Waals surface area contributed by atoms with Crippen LogP contribution in [0.4, 0.5) is 8.78 Å². The lowest BCUT2D eigenvalue weighted by Gasteiger charge is -2.28. The van der Waals surface area contributed by atoms with Crippen LogP contribution in [-0.4, -0.2) is 59.1 Å². The van der Waals surface area contributed by atoms with Gasteiger partial charge in [-0.15, -0.1) is 0 Å². The van der Waals surface area contributed by atoms with E-state index >= 15 is 4.39 Å². The zero-order chi connectivity index (χ0) is 26.2. The number of alkyl halides is 1. The second-order valence-corrected chi connectivity index (χ2v) is 11.5. The molecule has 2 aliphatic rings. The highest BCUT2D eigenvalue weighted by atomic mass is 32.1. The number of aryl methyl sites for hydroxylation is 1. The van der Waals surface area contributed by atoms with Crippen LogP contribution in [0.1, 0.15) is 59.6 Å². The molecule has 6 rings (SSSR count). The Labute approximate surface area is 225 Å². The second kappa shape index (κ2) is 10.7. The van der Waals surface area contributed by atoms with Crippen molar-refractivity contribution in [3.63, 3.8) is 0 Å². The van der Waals surface area contributed by atoms with E-state index in [1.807, 2.05) is 41.8 Å². The van der Waals surface area contributed by atoms with Gasteiger partial charge in [0.05, 0.1) is 15.9 Å². The predicted molar refractivity (Wildman–Crippen MR) is 148 cm³/mol. The third-order valence-corrected chi connectivity index (χ3v) is 8.89. The Balaban J connectivity index is 1.15. The van der Waals surface area contributed by atoms with Gasteiger partial charge < -0.3 is 15.5 Å². The summed E-state index contributed by atoms with van der Waals surface area (Å²) in [7, 11) is 0. The third kappa shape index (κ3) is 5.07. The molecule has 4 heterocycles. The Kier molecular flexibility index (Phi) is 7.16. The number of rotatable bonds is 7. The minimum absolute atomic E-state index is 0.0856. The first-order valence-corrected chi connectivity index (χ1v) is 14.4. The van der Waals surface area contributed by atoms with Gasteiger partial charge >= 0.3 is 0 Å². The molecule has 6 nitrogen and oxygen atoms in total.